The average molecular weight is 554 g/mol. The van der Waals surface area contributed by atoms with E-state index in [1.54, 1.807) is 6.20 Å². The van der Waals surface area contributed by atoms with Gasteiger partial charge in [-0.05, 0) is 89.1 Å². The molecule has 212 valence electrons. The molecule has 4 rings (SSSR count). The van der Waals surface area contributed by atoms with Gasteiger partial charge in [0, 0.05) is 35.6 Å². The van der Waals surface area contributed by atoms with E-state index in [1.165, 1.54) is 16.9 Å². The van der Waals surface area contributed by atoms with Crippen molar-refractivity contribution in [3.05, 3.63) is 51.4 Å². The fraction of sp³-hybridized carbons (Fsp3) is 0.581. The predicted molar refractivity (Wildman–Crippen MR) is 157 cm³/mol. The fourth-order valence-corrected chi connectivity index (χ4v) is 6.58. The molecule has 7 nitrogen and oxygen atoms in total. The molecule has 1 unspecified atom stereocenters. The molecule has 2 aliphatic carbocycles. The SMILES string of the molecule is CC1=CCC(C(=O)N(c2cc(C(C)(C)C)sc2C(=O)O)C2CCC(Oc3cc(CN(C)C)ccn3)CC2)CC1. The summed E-state index contributed by atoms with van der Waals surface area (Å²) in [5.41, 5.74) is 2.84. The summed E-state index contributed by atoms with van der Waals surface area (Å²) in [7, 11) is 4.07. The Hall–Kier alpha value is -2.71. The molecule has 1 fully saturated rings. The summed E-state index contributed by atoms with van der Waals surface area (Å²) in [4.78, 5) is 36.1. The number of hydrogen-bond donors (Lipinski definition) is 1. The third-order valence-electron chi connectivity index (χ3n) is 7.72. The molecule has 39 heavy (non-hydrogen) atoms. The monoisotopic (exact) mass is 553 g/mol. The highest BCUT2D eigenvalue weighted by Gasteiger charge is 2.38. The van der Waals surface area contributed by atoms with Crippen molar-refractivity contribution >= 4 is 28.9 Å². The van der Waals surface area contributed by atoms with Crippen LogP contribution in [-0.2, 0) is 16.8 Å². The number of amides is 1. The molecule has 1 N–H and O–H groups in total. The number of ether oxygens (including phenoxy) is 1. The van der Waals surface area contributed by atoms with E-state index in [2.05, 4.69) is 43.7 Å². The van der Waals surface area contributed by atoms with Crippen LogP contribution in [0.4, 0.5) is 5.69 Å². The Morgan fingerprint density at radius 1 is 1.13 bits per heavy atom. The van der Waals surface area contributed by atoms with Crippen LogP contribution >= 0.6 is 11.3 Å². The Morgan fingerprint density at radius 3 is 2.44 bits per heavy atom. The van der Waals surface area contributed by atoms with E-state index in [0.717, 1.165) is 55.5 Å². The first-order valence-electron chi connectivity index (χ1n) is 14.0. The predicted octanol–water partition coefficient (Wildman–Crippen LogP) is 6.67. The van der Waals surface area contributed by atoms with Gasteiger partial charge in [0.05, 0.1) is 5.69 Å². The van der Waals surface area contributed by atoms with E-state index in [1.807, 2.05) is 37.2 Å². The number of allylic oxidation sites excluding steroid dienone is 2. The van der Waals surface area contributed by atoms with Crippen molar-refractivity contribution in [2.24, 2.45) is 5.92 Å². The largest absolute Gasteiger partial charge is 0.477 e. The Bertz CT molecular complexity index is 1200. The summed E-state index contributed by atoms with van der Waals surface area (Å²) in [5.74, 6) is -0.396. The molecule has 0 saturated heterocycles. The van der Waals surface area contributed by atoms with Crippen LogP contribution in [0.15, 0.2) is 36.0 Å². The van der Waals surface area contributed by atoms with E-state index in [9.17, 15) is 14.7 Å². The van der Waals surface area contributed by atoms with Gasteiger partial charge >= 0.3 is 5.97 Å². The van der Waals surface area contributed by atoms with Gasteiger partial charge in [-0.15, -0.1) is 11.3 Å². The zero-order valence-corrected chi connectivity index (χ0v) is 25.0. The Balaban J connectivity index is 1.56. The van der Waals surface area contributed by atoms with Gasteiger partial charge in [-0.25, -0.2) is 9.78 Å². The van der Waals surface area contributed by atoms with Crippen LogP contribution in [0.1, 0.15) is 92.8 Å². The Kier molecular flexibility index (Phi) is 9.17. The van der Waals surface area contributed by atoms with Crippen LogP contribution in [0, 0.1) is 5.92 Å². The van der Waals surface area contributed by atoms with Gasteiger partial charge in [-0.3, -0.25) is 4.79 Å². The van der Waals surface area contributed by atoms with Gasteiger partial charge in [0.15, 0.2) is 0 Å². The van der Waals surface area contributed by atoms with Crippen LogP contribution in [-0.4, -0.2) is 53.1 Å². The second-order valence-corrected chi connectivity index (χ2v) is 13.5. The number of carbonyl (C=O) groups is 2. The van der Waals surface area contributed by atoms with Crippen molar-refractivity contribution in [1.82, 2.24) is 9.88 Å². The maximum Gasteiger partial charge on any atom is 0.348 e. The fourth-order valence-electron chi connectivity index (χ4n) is 5.54. The Labute approximate surface area is 236 Å². The highest BCUT2D eigenvalue weighted by Crippen LogP contribution is 2.41. The van der Waals surface area contributed by atoms with Gasteiger partial charge in [0.1, 0.15) is 11.0 Å². The summed E-state index contributed by atoms with van der Waals surface area (Å²) >= 11 is 1.30. The summed E-state index contributed by atoms with van der Waals surface area (Å²) in [6.45, 7) is 9.18. The number of anilines is 1. The van der Waals surface area contributed by atoms with Gasteiger partial charge < -0.3 is 19.6 Å². The third-order valence-corrected chi connectivity index (χ3v) is 9.26. The van der Waals surface area contributed by atoms with Crippen LogP contribution in [0.2, 0.25) is 0 Å². The molecule has 2 aliphatic rings. The number of hydrogen-bond acceptors (Lipinski definition) is 6. The summed E-state index contributed by atoms with van der Waals surface area (Å²) in [5, 5.41) is 10.1. The first-order chi connectivity index (χ1) is 18.4. The summed E-state index contributed by atoms with van der Waals surface area (Å²) < 4.78 is 6.28. The highest BCUT2D eigenvalue weighted by atomic mass is 32.1. The Morgan fingerprint density at radius 2 is 1.85 bits per heavy atom. The second-order valence-electron chi connectivity index (χ2n) is 12.4. The maximum absolute atomic E-state index is 14.1. The number of carboxylic acid groups (broad SMARTS) is 1. The molecule has 2 aromatic heterocycles. The van der Waals surface area contributed by atoms with Gasteiger partial charge in [-0.2, -0.15) is 0 Å². The van der Waals surface area contributed by atoms with Gasteiger partial charge in [-0.1, -0.05) is 32.4 Å². The molecule has 8 heteroatoms. The van der Waals surface area contributed by atoms with Crippen LogP contribution in [0.3, 0.4) is 0 Å². The summed E-state index contributed by atoms with van der Waals surface area (Å²) in [6.07, 6.45) is 9.50. The minimum atomic E-state index is -0.969. The molecule has 1 saturated carbocycles. The number of rotatable bonds is 8. The van der Waals surface area contributed by atoms with E-state index in [4.69, 9.17) is 4.74 Å². The lowest BCUT2D eigenvalue weighted by Crippen LogP contribution is -2.47. The van der Waals surface area contributed by atoms with Crippen molar-refractivity contribution in [2.45, 2.75) is 96.7 Å². The van der Waals surface area contributed by atoms with E-state index < -0.39 is 5.97 Å². The third kappa shape index (κ3) is 7.28. The summed E-state index contributed by atoms with van der Waals surface area (Å²) in [6, 6.07) is 5.90. The lowest BCUT2D eigenvalue weighted by Gasteiger charge is -2.39. The number of carboxylic acids is 1. The zero-order valence-electron chi connectivity index (χ0n) is 24.2. The first-order valence-corrected chi connectivity index (χ1v) is 14.9. The van der Waals surface area contributed by atoms with Crippen molar-refractivity contribution in [1.29, 1.82) is 0 Å². The molecule has 2 aromatic rings. The smallest absolute Gasteiger partial charge is 0.348 e. The van der Waals surface area contributed by atoms with Crippen LogP contribution in [0.25, 0.3) is 0 Å². The van der Waals surface area contributed by atoms with E-state index in [0.29, 0.717) is 18.0 Å². The minimum Gasteiger partial charge on any atom is -0.477 e. The van der Waals surface area contributed by atoms with Crippen molar-refractivity contribution in [2.75, 3.05) is 19.0 Å². The second kappa shape index (κ2) is 12.2. The topological polar surface area (TPSA) is 83.0 Å². The van der Waals surface area contributed by atoms with Gasteiger partial charge in [0.2, 0.25) is 11.8 Å². The minimum absolute atomic E-state index is 0.0205. The molecule has 1 amide bonds. The number of aromatic carboxylic acids is 1. The van der Waals surface area contributed by atoms with Crippen LogP contribution < -0.4 is 9.64 Å². The normalized spacial score (nSPS) is 21.9. The standard InChI is InChI=1S/C31H43N3O4S/c1-20-7-9-22(10-8-20)29(35)34(25-18-26(31(2,3)4)39-28(25)30(36)37)23-11-13-24(14-12-23)38-27-17-21(15-16-32-27)19-33(5)6/h7,15-18,22-24H,8-14,19H2,1-6H3,(H,36,37). The van der Waals surface area contributed by atoms with Crippen LogP contribution in [0.5, 0.6) is 5.88 Å². The molecule has 0 aliphatic heterocycles. The molecule has 0 bridgehead atoms. The number of pyridine rings is 1. The molecular formula is C31H43N3O4S. The molecule has 0 radical (unpaired) electrons. The number of carbonyl (C=O) groups excluding carboxylic acids is 1. The molecule has 0 spiro atoms. The zero-order chi connectivity index (χ0) is 28.3. The number of thiophene rings is 1. The van der Waals surface area contributed by atoms with Crippen molar-refractivity contribution in [3.8, 4) is 5.88 Å². The maximum atomic E-state index is 14.1. The lowest BCUT2D eigenvalue weighted by molar-refractivity contribution is -0.123. The lowest BCUT2D eigenvalue weighted by atomic mass is 9.86. The van der Waals surface area contributed by atoms with Gasteiger partial charge in [0.25, 0.3) is 0 Å². The highest BCUT2D eigenvalue weighted by molar-refractivity contribution is 7.14. The molecule has 1 atom stereocenters. The van der Waals surface area contributed by atoms with E-state index >= 15 is 0 Å². The number of aromatic nitrogens is 1. The quantitative estimate of drug-likeness (QED) is 0.368. The molecule has 0 aromatic carbocycles. The molecular weight excluding hydrogens is 510 g/mol. The van der Waals surface area contributed by atoms with E-state index in [-0.39, 0.29) is 34.3 Å². The van der Waals surface area contributed by atoms with Crippen molar-refractivity contribution in [3.63, 3.8) is 0 Å². The number of nitrogens with zero attached hydrogens (tertiary/aromatic N) is 3. The molecule has 2 heterocycles. The average Bonchev–Trinajstić information content (AvgIpc) is 3.32. The van der Waals surface area contributed by atoms with Crippen molar-refractivity contribution < 1.29 is 19.4 Å². The first kappa shape index (κ1) is 29.3.